The third-order valence-electron chi connectivity index (χ3n) is 3.70. The molecule has 0 spiro atoms. The Morgan fingerprint density at radius 1 is 1.37 bits per heavy atom. The van der Waals surface area contributed by atoms with E-state index in [0.717, 1.165) is 31.2 Å². The molecule has 2 rings (SSSR count). The lowest BCUT2D eigenvalue weighted by Crippen LogP contribution is -2.37. The Morgan fingerprint density at radius 3 is 2.79 bits per heavy atom. The maximum absolute atomic E-state index is 11.1. The summed E-state index contributed by atoms with van der Waals surface area (Å²) in [4.78, 5) is 10.8. The summed E-state index contributed by atoms with van der Waals surface area (Å²) >= 11 is 0. The van der Waals surface area contributed by atoms with Crippen molar-refractivity contribution in [3.05, 3.63) is 33.9 Å². The fraction of sp³-hybridized carbons (Fsp3) is 0.571. The zero-order valence-electron chi connectivity index (χ0n) is 11.4. The molecular weight excluding hydrogens is 244 g/mol. The van der Waals surface area contributed by atoms with Crippen molar-refractivity contribution in [3.63, 3.8) is 0 Å². The van der Waals surface area contributed by atoms with Crippen LogP contribution in [0.4, 0.5) is 11.4 Å². The van der Waals surface area contributed by atoms with E-state index >= 15 is 0 Å². The van der Waals surface area contributed by atoms with Crippen LogP contribution in [0.15, 0.2) is 18.2 Å². The van der Waals surface area contributed by atoms with Crippen molar-refractivity contribution < 1.29 is 9.66 Å². The van der Waals surface area contributed by atoms with Gasteiger partial charge in [0.1, 0.15) is 5.69 Å². The first-order valence-corrected chi connectivity index (χ1v) is 6.66. The summed E-state index contributed by atoms with van der Waals surface area (Å²) in [5, 5.41) is 14.4. The van der Waals surface area contributed by atoms with Crippen LogP contribution in [-0.4, -0.2) is 24.2 Å². The van der Waals surface area contributed by atoms with Gasteiger partial charge in [-0.05, 0) is 31.4 Å². The van der Waals surface area contributed by atoms with Crippen molar-refractivity contribution in [2.45, 2.75) is 44.8 Å². The minimum Gasteiger partial charge on any atom is -0.379 e. The van der Waals surface area contributed by atoms with Gasteiger partial charge in [0.25, 0.3) is 5.69 Å². The number of anilines is 1. The normalized spacial score (nSPS) is 23.1. The second kappa shape index (κ2) is 6.02. The zero-order chi connectivity index (χ0) is 13.8. The molecule has 5 heteroatoms. The van der Waals surface area contributed by atoms with E-state index in [-0.39, 0.29) is 22.8 Å². The quantitative estimate of drug-likeness (QED) is 0.669. The third kappa shape index (κ3) is 3.23. The monoisotopic (exact) mass is 264 g/mol. The van der Waals surface area contributed by atoms with Gasteiger partial charge in [0, 0.05) is 13.2 Å². The van der Waals surface area contributed by atoms with Crippen LogP contribution in [0.25, 0.3) is 0 Å². The Hall–Kier alpha value is -1.62. The van der Waals surface area contributed by atoms with E-state index in [1.54, 1.807) is 19.2 Å². The molecule has 1 saturated carbocycles. The number of nitrogens with one attached hydrogen (secondary N) is 1. The molecule has 1 fully saturated rings. The van der Waals surface area contributed by atoms with Gasteiger partial charge in [-0.25, -0.2) is 0 Å². The molecule has 0 amide bonds. The van der Waals surface area contributed by atoms with E-state index in [9.17, 15) is 10.1 Å². The van der Waals surface area contributed by atoms with Crippen molar-refractivity contribution in [1.29, 1.82) is 0 Å². The summed E-state index contributed by atoms with van der Waals surface area (Å²) < 4.78 is 5.47. The average molecular weight is 264 g/mol. The number of rotatable bonds is 4. The van der Waals surface area contributed by atoms with Gasteiger partial charge in [-0.2, -0.15) is 0 Å². The summed E-state index contributed by atoms with van der Waals surface area (Å²) in [6, 6.07) is 5.43. The molecule has 0 aliphatic heterocycles. The minimum atomic E-state index is -0.333. The van der Waals surface area contributed by atoms with Crippen molar-refractivity contribution in [1.82, 2.24) is 0 Å². The Morgan fingerprint density at radius 2 is 2.11 bits per heavy atom. The summed E-state index contributed by atoms with van der Waals surface area (Å²) in [6.45, 7) is 1.86. The molecule has 19 heavy (non-hydrogen) atoms. The van der Waals surface area contributed by atoms with Gasteiger partial charge >= 0.3 is 0 Å². The first-order chi connectivity index (χ1) is 9.11. The van der Waals surface area contributed by atoms with E-state index in [4.69, 9.17) is 4.74 Å². The molecule has 5 nitrogen and oxygen atoms in total. The number of nitro groups is 1. The van der Waals surface area contributed by atoms with Gasteiger partial charge < -0.3 is 10.1 Å². The summed E-state index contributed by atoms with van der Waals surface area (Å²) in [6.07, 6.45) is 4.43. The largest absolute Gasteiger partial charge is 0.379 e. The first-order valence-electron chi connectivity index (χ1n) is 6.66. The SMILES string of the molecule is COC1CCCCC1Nc1ccc(C)cc1[N+](=O)[O-]. The number of hydrogen-bond donors (Lipinski definition) is 1. The molecule has 0 aromatic heterocycles. The Bertz CT molecular complexity index is 462. The highest BCUT2D eigenvalue weighted by atomic mass is 16.6. The van der Waals surface area contributed by atoms with Gasteiger partial charge in [-0.3, -0.25) is 10.1 Å². The number of hydrogen-bond acceptors (Lipinski definition) is 4. The van der Waals surface area contributed by atoms with Crippen LogP contribution in [0.3, 0.4) is 0 Å². The zero-order valence-corrected chi connectivity index (χ0v) is 11.4. The van der Waals surface area contributed by atoms with Crippen LogP contribution in [0.1, 0.15) is 31.2 Å². The lowest BCUT2D eigenvalue weighted by atomic mass is 9.92. The highest BCUT2D eigenvalue weighted by Crippen LogP contribution is 2.30. The van der Waals surface area contributed by atoms with Gasteiger partial charge in [-0.15, -0.1) is 0 Å². The third-order valence-corrected chi connectivity index (χ3v) is 3.70. The van der Waals surface area contributed by atoms with E-state index in [1.807, 2.05) is 13.0 Å². The minimum absolute atomic E-state index is 0.134. The molecule has 0 saturated heterocycles. The van der Waals surface area contributed by atoms with Gasteiger partial charge in [0.15, 0.2) is 0 Å². The molecule has 1 N–H and O–H groups in total. The average Bonchev–Trinajstić information content (AvgIpc) is 2.41. The molecule has 1 aliphatic rings. The van der Waals surface area contributed by atoms with Crippen molar-refractivity contribution in [2.24, 2.45) is 0 Å². The molecule has 2 unspecified atom stereocenters. The lowest BCUT2D eigenvalue weighted by Gasteiger charge is -2.31. The second-order valence-electron chi connectivity index (χ2n) is 5.09. The van der Waals surface area contributed by atoms with Crippen LogP contribution in [0.2, 0.25) is 0 Å². The molecule has 1 aromatic rings. The van der Waals surface area contributed by atoms with Crippen LogP contribution in [0.5, 0.6) is 0 Å². The number of nitrogens with zero attached hydrogens (tertiary/aromatic N) is 1. The van der Waals surface area contributed by atoms with E-state index in [0.29, 0.717) is 5.69 Å². The van der Waals surface area contributed by atoms with Crippen LogP contribution < -0.4 is 5.32 Å². The number of nitro benzene ring substituents is 1. The Kier molecular flexibility index (Phi) is 4.37. The van der Waals surface area contributed by atoms with Gasteiger partial charge in [0.05, 0.1) is 17.1 Å². The number of aryl methyl sites for hydroxylation is 1. The molecule has 0 radical (unpaired) electrons. The van der Waals surface area contributed by atoms with Gasteiger partial charge in [0.2, 0.25) is 0 Å². The number of methoxy groups -OCH3 is 1. The highest BCUT2D eigenvalue weighted by molar-refractivity contribution is 5.63. The number of benzene rings is 1. The van der Waals surface area contributed by atoms with Crippen LogP contribution in [0, 0.1) is 17.0 Å². The smallest absolute Gasteiger partial charge is 0.292 e. The first kappa shape index (κ1) is 13.8. The molecule has 0 heterocycles. The van der Waals surface area contributed by atoms with Crippen molar-refractivity contribution >= 4 is 11.4 Å². The number of ether oxygens (including phenoxy) is 1. The molecule has 2 atom stereocenters. The van der Waals surface area contributed by atoms with Crippen molar-refractivity contribution in [3.8, 4) is 0 Å². The summed E-state index contributed by atoms with van der Waals surface area (Å²) in [7, 11) is 1.70. The van der Waals surface area contributed by atoms with Gasteiger partial charge in [-0.1, -0.05) is 18.9 Å². The second-order valence-corrected chi connectivity index (χ2v) is 5.09. The predicted molar refractivity (Wildman–Crippen MR) is 74.5 cm³/mol. The van der Waals surface area contributed by atoms with Crippen LogP contribution in [-0.2, 0) is 4.74 Å². The van der Waals surface area contributed by atoms with E-state index < -0.39 is 0 Å². The van der Waals surface area contributed by atoms with Crippen molar-refractivity contribution in [2.75, 3.05) is 12.4 Å². The molecule has 0 bridgehead atoms. The predicted octanol–water partition coefficient (Wildman–Crippen LogP) is 3.27. The topological polar surface area (TPSA) is 64.4 Å². The Labute approximate surface area is 113 Å². The maximum Gasteiger partial charge on any atom is 0.292 e. The van der Waals surface area contributed by atoms with Crippen LogP contribution >= 0.6 is 0 Å². The molecule has 1 aromatic carbocycles. The molecule has 1 aliphatic carbocycles. The molecular formula is C14H20N2O3. The fourth-order valence-electron chi connectivity index (χ4n) is 2.66. The molecule has 104 valence electrons. The lowest BCUT2D eigenvalue weighted by molar-refractivity contribution is -0.384. The summed E-state index contributed by atoms with van der Waals surface area (Å²) in [5.41, 5.74) is 1.62. The highest BCUT2D eigenvalue weighted by Gasteiger charge is 2.26. The Balaban J connectivity index is 2.20. The summed E-state index contributed by atoms with van der Waals surface area (Å²) in [5.74, 6) is 0. The van der Waals surface area contributed by atoms with E-state index in [1.165, 1.54) is 0 Å². The standard InChI is InChI=1S/C14H20N2O3/c1-10-7-8-11(13(9-10)16(17)18)15-12-5-3-4-6-14(12)19-2/h7-9,12,14-15H,3-6H2,1-2H3. The van der Waals surface area contributed by atoms with E-state index in [2.05, 4.69) is 5.32 Å². The maximum atomic E-state index is 11.1. The fourth-order valence-corrected chi connectivity index (χ4v) is 2.66.